The zero-order valence-electron chi connectivity index (χ0n) is 16.8. The van der Waals surface area contributed by atoms with E-state index in [4.69, 9.17) is 24.4 Å². The van der Waals surface area contributed by atoms with Crippen LogP contribution >= 0.6 is 48.0 Å². The van der Waals surface area contributed by atoms with Gasteiger partial charge in [0.15, 0.2) is 11.1 Å². The minimum absolute atomic E-state index is 0.107. The first-order valence-electron chi connectivity index (χ1n) is 9.34. The smallest absolute Gasteiger partial charge is 0.228 e. The van der Waals surface area contributed by atoms with E-state index >= 15 is 0 Å². The second-order valence-corrected chi connectivity index (χ2v) is 10.7. The fourth-order valence-corrected chi connectivity index (χ4v) is 5.17. The zero-order chi connectivity index (χ0) is 22.4. The van der Waals surface area contributed by atoms with Crippen LogP contribution in [-0.4, -0.2) is 65.9 Å². The number of hydrogen-bond acceptors (Lipinski definition) is 10. The van der Waals surface area contributed by atoms with Crippen LogP contribution in [0.2, 0.25) is 0 Å². The molecule has 2 heterocycles. The molecule has 160 valence electrons. The number of rotatable bonds is 8. The molecule has 0 N–H and O–H groups in total. The maximum absolute atomic E-state index is 12.3. The number of nitriles is 2. The van der Waals surface area contributed by atoms with Gasteiger partial charge < -0.3 is 0 Å². The van der Waals surface area contributed by atoms with Gasteiger partial charge in [0.2, 0.25) is 11.8 Å². The summed E-state index contributed by atoms with van der Waals surface area (Å²) >= 11 is 13.2. The van der Waals surface area contributed by atoms with Gasteiger partial charge in [0.25, 0.3) is 0 Å². The van der Waals surface area contributed by atoms with E-state index in [-0.39, 0.29) is 37.5 Å². The van der Waals surface area contributed by atoms with Crippen LogP contribution in [0.25, 0.3) is 0 Å². The third kappa shape index (κ3) is 6.45. The van der Waals surface area contributed by atoms with E-state index in [0.717, 1.165) is 11.5 Å². The molecule has 0 aliphatic carbocycles. The summed E-state index contributed by atoms with van der Waals surface area (Å²) in [6, 6.07) is 4.15. The molecule has 2 rings (SSSR count). The van der Waals surface area contributed by atoms with Crippen LogP contribution in [0.3, 0.4) is 0 Å². The predicted molar refractivity (Wildman–Crippen MR) is 125 cm³/mol. The van der Waals surface area contributed by atoms with Gasteiger partial charge >= 0.3 is 0 Å². The maximum Gasteiger partial charge on any atom is 0.228 e. The summed E-state index contributed by atoms with van der Waals surface area (Å²) in [5.74, 6) is 1.27. The molecule has 2 amide bonds. The SMILES string of the molecule is CC(C#N)(CCC(=O)N1CCSC1=S)/N=N/C(C)(C#N)CCC(=O)N1CCSC1=S. The van der Waals surface area contributed by atoms with Gasteiger partial charge in [0, 0.05) is 37.4 Å². The van der Waals surface area contributed by atoms with Crippen molar-refractivity contribution in [3.8, 4) is 12.1 Å². The van der Waals surface area contributed by atoms with Gasteiger partial charge in [-0.2, -0.15) is 20.8 Å². The lowest BCUT2D eigenvalue weighted by Crippen LogP contribution is -2.33. The van der Waals surface area contributed by atoms with Crippen molar-refractivity contribution in [3.05, 3.63) is 0 Å². The molecule has 30 heavy (non-hydrogen) atoms. The Morgan fingerprint density at radius 2 is 1.30 bits per heavy atom. The second kappa shape index (κ2) is 10.6. The second-order valence-electron chi connectivity index (χ2n) is 7.29. The van der Waals surface area contributed by atoms with Crippen molar-refractivity contribution in [1.82, 2.24) is 9.80 Å². The summed E-state index contributed by atoms with van der Waals surface area (Å²) in [5.41, 5.74) is -2.50. The van der Waals surface area contributed by atoms with Crippen LogP contribution in [0.15, 0.2) is 10.2 Å². The number of thioether (sulfide) groups is 2. The molecule has 0 aromatic heterocycles. The van der Waals surface area contributed by atoms with Crippen molar-refractivity contribution in [3.63, 3.8) is 0 Å². The highest BCUT2D eigenvalue weighted by Crippen LogP contribution is 2.26. The molecule has 0 spiro atoms. The third-order valence-corrected chi connectivity index (χ3v) is 7.60. The van der Waals surface area contributed by atoms with Crippen molar-refractivity contribution in [2.24, 2.45) is 10.2 Å². The lowest BCUT2D eigenvalue weighted by atomic mass is 9.97. The van der Waals surface area contributed by atoms with Crippen molar-refractivity contribution in [2.45, 2.75) is 50.6 Å². The summed E-state index contributed by atoms with van der Waals surface area (Å²) in [4.78, 5) is 27.8. The number of carbonyl (C=O) groups excluding carboxylic acids is 2. The van der Waals surface area contributed by atoms with Crippen molar-refractivity contribution >= 4 is 68.4 Å². The van der Waals surface area contributed by atoms with Crippen molar-refractivity contribution in [1.29, 1.82) is 10.5 Å². The average molecular weight is 483 g/mol. The highest BCUT2D eigenvalue weighted by Gasteiger charge is 2.32. The molecule has 2 saturated heterocycles. The summed E-state index contributed by atoms with van der Waals surface area (Å²) in [5, 5.41) is 27.3. The van der Waals surface area contributed by atoms with Gasteiger partial charge in [-0.05, 0) is 26.7 Å². The van der Waals surface area contributed by atoms with E-state index in [1.165, 1.54) is 23.5 Å². The van der Waals surface area contributed by atoms with Gasteiger partial charge in [-0.15, -0.1) is 0 Å². The normalized spacial score (nSPS) is 20.7. The quantitative estimate of drug-likeness (QED) is 0.383. The summed E-state index contributed by atoms with van der Waals surface area (Å²) in [7, 11) is 0. The lowest BCUT2D eigenvalue weighted by molar-refractivity contribution is -0.128. The van der Waals surface area contributed by atoms with Gasteiger partial charge in [-0.25, -0.2) is 0 Å². The van der Waals surface area contributed by atoms with Crippen LogP contribution in [0.1, 0.15) is 39.5 Å². The fraction of sp³-hybridized carbons (Fsp3) is 0.667. The van der Waals surface area contributed by atoms with Gasteiger partial charge in [0.05, 0.1) is 12.1 Å². The van der Waals surface area contributed by atoms with Gasteiger partial charge in [-0.1, -0.05) is 48.0 Å². The topological polar surface area (TPSA) is 113 Å². The fourth-order valence-electron chi connectivity index (χ4n) is 2.69. The van der Waals surface area contributed by atoms with Crippen LogP contribution in [0.5, 0.6) is 0 Å². The molecule has 0 bridgehead atoms. The summed E-state index contributed by atoms with van der Waals surface area (Å²) in [6.07, 6.45) is 0.538. The van der Waals surface area contributed by atoms with Crippen LogP contribution < -0.4 is 0 Å². The Morgan fingerprint density at radius 1 is 0.933 bits per heavy atom. The van der Waals surface area contributed by atoms with Gasteiger partial charge in [0.1, 0.15) is 8.64 Å². The number of amides is 2. The Labute approximate surface area is 195 Å². The largest absolute Gasteiger partial charge is 0.297 e. The van der Waals surface area contributed by atoms with Crippen molar-refractivity contribution in [2.75, 3.05) is 24.6 Å². The first kappa shape index (κ1) is 24.7. The molecule has 2 fully saturated rings. The molecule has 8 nitrogen and oxygen atoms in total. The molecule has 2 atom stereocenters. The maximum atomic E-state index is 12.3. The number of hydrogen-bond donors (Lipinski definition) is 0. The number of thiocarbonyl (C=S) groups is 2. The van der Waals surface area contributed by atoms with Crippen LogP contribution in [-0.2, 0) is 9.59 Å². The molecule has 0 aromatic rings. The number of carbonyl (C=O) groups is 2. The third-order valence-electron chi connectivity index (χ3n) is 4.75. The van der Waals surface area contributed by atoms with Crippen LogP contribution in [0, 0.1) is 22.7 Å². The van der Waals surface area contributed by atoms with Crippen LogP contribution in [0.4, 0.5) is 0 Å². The highest BCUT2D eigenvalue weighted by molar-refractivity contribution is 8.23. The van der Waals surface area contributed by atoms with Crippen molar-refractivity contribution < 1.29 is 9.59 Å². The Bertz CT molecular complexity index is 783. The molecule has 2 aliphatic heterocycles. The number of azo groups is 1. The average Bonchev–Trinajstić information content (AvgIpc) is 3.36. The molecule has 0 saturated carbocycles. The summed E-state index contributed by atoms with van der Waals surface area (Å²) < 4.78 is 1.11. The molecule has 0 radical (unpaired) electrons. The van der Waals surface area contributed by atoms with E-state index in [1.807, 2.05) is 0 Å². The molecule has 0 aromatic carbocycles. The van der Waals surface area contributed by atoms with E-state index in [9.17, 15) is 20.1 Å². The monoisotopic (exact) mass is 482 g/mol. The minimum Gasteiger partial charge on any atom is -0.297 e. The lowest BCUT2D eigenvalue weighted by Gasteiger charge is -2.21. The first-order valence-corrected chi connectivity index (χ1v) is 12.1. The molecule has 2 unspecified atom stereocenters. The Kier molecular flexibility index (Phi) is 8.73. The minimum atomic E-state index is -1.25. The van der Waals surface area contributed by atoms with E-state index in [2.05, 4.69) is 22.4 Å². The first-order chi connectivity index (χ1) is 14.1. The highest BCUT2D eigenvalue weighted by atomic mass is 32.2. The molecular weight excluding hydrogens is 461 g/mol. The standard InChI is InChI=1S/C18H22N6O2S4/c1-17(11-19,5-3-13(25)23-7-9-29-15(23)27)21-22-18(2,12-20)6-4-14(26)24-8-10-30-16(24)28/h3-10H2,1-2H3/b22-21+. The Hall–Kier alpha value is -1.60. The van der Waals surface area contributed by atoms with Gasteiger partial charge in [-0.3, -0.25) is 19.4 Å². The zero-order valence-corrected chi connectivity index (χ0v) is 20.1. The molecule has 12 heteroatoms. The Balaban J connectivity index is 1.95. The Morgan fingerprint density at radius 3 is 1.57 bits per heavy atom. The molecule has 2 aliphatic rings. The summed E-state index contributed by atoms with van der Waals surface area (Å²) in [6.45, 7) is 4.30. The molecular formula is C18H22N6O2S4. The van der Waals surface area contributed by atoms with E-state index < -0.39 is 11.1 Å². The van der Waals surface area contributed by atoms with E-state index in [1.54, 1.807) is 23.6 Å². The predicted octanol–water partition coefficient (Wildman–Crippen LogP) is 3.28. The number of nitrogens with zero attached hydrogens (tertiary/aromatic N) is 6. The van der Waals surface area contributed by atoms with E-state index in [0.29, 0.717) is 21.7 Å².